The highest BCUT2D eigenvalue weighted by Crippen LogP contribution is 2.53. The number of aromatic hydroxyl groups is 2. The van der Waals surface area contributed by atoms with Gasteiger partial charge in [0, 0.05) is 34.7 Å². The van der Waals surface area contributed by atoms with E-state index in [0.717, 1.165) is 0 Å². The zero-order valence-corrected chi connectivity index (χ0v) is 24.6. The van der Waals surface area contributed by atoms with E-state index in [1.54, 1.807) is 26.0 Å². The number of benzene rings is 5. The highest BCUT2D eigenvalue weighted by molar-refractivity contribution is 6.35. The van der Waals surface area contributed by atoms with Crippen molar-refractivity contribution in [1.82, 2.24) is 0 Å². The third kappa shape index (κ3) is 3.87. The van der Waals surface area contributed by atoms with Gasteiger partial charge in [-0.15, -0.1) is 0 Å². The van der Waals surface area contributed by atoms with Gasteiger partial charge in [0.15, 0.2) is 10.9 Å². The van der Waals surface area contributed by atoms with Gasteiger partial charge in [-0.1, -0.05) is 0 Å². The van der Waals surface area contributed by atoms with Crippen molar-refractivity contribution in [3.63, 3.8) is 0 Å². The molecule has 0 radical (unpaired) electrons. The first-order valence-electron chi connectivity index (χ1n) is 14.5. The second kappa shape index (κ2) is 10.0. The fraction of sp³-hybridized carbons (Fsp3) is 0.353. The summed E-state index contributed by atoms with van der Waals surface area (Å²) in [6.45, 7) is 3.51. The molecule has 0 unspecified atom stereocenters. The summed E-state index contributed by atoms with van der Waals surface area (Å²) in [5, 5.41) is 27.3. The topological polar surface area (TPSA) is 146 Å². The van der Waals surface area contributed by atoms with Crippen LogP contribution in [0.1, 0.15) is 61.2 Å². The van der Waals surface area contributed by atoms with Crippen LogP contribution in [0.25, 0.3) is 43.1 Å². The van der Waals surface area contributed by atoms with Gasteiger partial charge in [0.1, 0.15) is 11.5 Å². The lowest BCUT2D eigenvalue weighted by Gasteiger charge is -2.34. The Hall–Kier alpha value is -4.54. The zero-order chi connectivity index (χ0) is 31.2. The number of carbonyl (C=O) groups is 2. The van der Waals surface area contributed by atoms with E-state index < -0.39 is 36.4 Å². The van der Waals surface area contributed by atoms with Crippen molar-refractivity contribution in [1.29, 1.82) is 0 Å². The van der Waals surface area contributed by atoms with Crippen LogP contribution in [0.2, 0.25) is 0 Å². The van der Waals surface area contributed by atoms with E-state index in [1.807, 2.05) is 0 Å². The molecule has 44 heavy (non-hydrogen) atoms. The van der Waals surface area contributed by atoms with Gasteiger partial charge < -0.3 is 29.2 Å². The van der Waals surface area contributed by atoms with Crippen LogP contribution < -0.4 is 10.9 Å². The van der Waals surface area contributed by atoms with Crippen LogP contribution >= 0.6 is 0 Å². The minimum Gasteiger partial charge on any atom is -0.507 e. The third-order valence-electron chi connectivity index (χ3n) is 9.32. The summed E-state index contributed by atoms with van der Waals surface area (Å²) in [6, 6.07) is 6.18. The molecule has 0 aromatic heterocycles. The Bertz CT molecular complexity index is 2000. The third-order valence-corrected chi connectivity index (χ3v) is 9.32. The van der Waals surface area contributed by atoms with Crippen molar-refractivity contribution < 1.29 is 38.7 Å². The Kier molecular flexibility index (Phi) is 6.42. The van der Waals surface area contributed by atoms with Crippen molar-refractivity contribution >= 4 is 55.0 Å². The van der Waals surface area contributed by atoms with E-state index in [0.29, 0.717) is 54.6 Å². The van der Waals surface area contributed by atoms with E-state index in [2.05, 4.69) is 0 Å². The van der Waals surface area contributed by atoms with Crippen LogP contribution in [0.4, 0.5) is 0 Å². The molecule has 2 aliphatic heterocycles. The van der Waals surface area contributed by atoms with E-state index in [-0.39, 0.29) is 58.8 Å². The lowest BCUT2D eigenvalue weighted by molar-refractivity contribution is -0.146. The Balaban J connectivity index is 1.67. The number of phenolic OH excluding ortho intramolecular Hbond substituents is 2. The molecule has 2 heterocycles. The smallest absolute Gasteiger partial charge is 0.308 e. The Morgan fingerprint density at radius 2 is 1.07 bits per heavy atom. The Labute approximate surface area is 250 Å². The van der Waals surface area contributed by atoms with Crippen LogP contribution in [0, 0.1) is 0 Å². The van der Waals surface area contributed by atoms with E-state index in [1.165, 1.54) is 26.4 Å². The van der Waals surface area contributed by atoms with Crippen molar-refractivity contribution in [3.8, 4) is 11.5 Å². The second-order valence-electron chi connectivity index (χ2n) is 11.7. The first-order valence-corrected chi connectivity index (χ1v) is 14.5. The molecule has 10 nitrogen and oxygen atoms in total. The van der Waals surface area contributed by atoms with Crippen LogP contribution in [-0.2, 0) is 41.4 Å². The molecule has 0 aliphatic carbocycles. The van der Waals surface area contributed by atoms with Gasteiger partial charge in [-0.3, -0.25) is 19.2 Å². The molecule has 226 valence electrons. The maximum absolute atomic E-state index is 13.5. The molecule has 5 aromatic rings. The van der Waals surface area contributed by atoms with Crippen molar-refractivity contribution in [2.24, 2.45) is 0 Å². The zero-order valence-electron chi connectivity index (χ0n) is 24.6. The van der Waals surface area contributed by atoms with Gasteiger partial charge in [0.2, 0.25) is 0 Å². The van der Waals surface area contributed by atoms with Crippen molar-refractivity contribution in [2.45, 2.75) is 63.9 Å². The molecule has 0 amide bonds. The quantitative estimate of drug-likeness (QED) is 0.173. The fourth-order valence-electron chi connectivity index (χ4n) is 7.64. The Morgan fingerprint density at radius 3 is 1.43 bits per heavy atom. The summed E-state index contributed by atoms with van der Waals surface area (Å²) in [7, 11) is 2.61. The predicted molar refractivity (Wildman–Crippen MR) is 162 cm³/mol. The standard InChI is InChI=1S/C34H30O10/c1-13-25-19(9-15(43-13)11-23(37)41-3)27-17-5-8-22(36)32-30(17)28(18-6-7-21(35)31(29(18)27)33(25)39)20-10-16(12-24(38)42-4)44-14(2)26(20)34(32)40/h5-8,13-16,39-40H,9-12H2,1-4H3/t13-,14-,15+,16+/m1/s1. The number of carbonyl (C=O) groups excluding carboxylic acids is 2. The van der Waals surface area contributed by atoms with Crippen LogP contribution in [0.5, 0.6) is 11.5 Å². The van der Waals surface area contributed by atoms with Gasteiger partial charge in [-0.2, -0.15) is 0 Å². The molecule has 10 heteroatoms. The first kappa shape index (κ1) is 28.2. The minimum atomic E-state index is -0.651. The number of hydrogen-bond donors (Lipinski definition) is 2. The number of phenols is 2. The molecule has 0 saturated heterocycles. The normalized spacial score (nSPS) is 21.5. The summed E-state index contributed by atoms with van der Waals surface area (Å²) in [5.74, 6) is -1.24. The number of rotatable bonds is 4. The minimum absolute atomic E-state index is 0.00770. The van der Waals surface area contributed by atoms with Crippen LogP contribution in [-0.4, -0.2) is 48.6 Å². The van der Waals surface area contributed by atoms with Crippen molar-refractivity contribution in [3.05, 3.63) is 67.0 Å². The number of esters is 2. The molecule has 7 rings (SSSR count). The summed E-state index contributed by atoms with van der Waals surface area (Å²) < 4.78 is 22.0. The van der Waals surface area contributed by atoms with Gasteiger partial charge in [-0.25, -0.2) is 0 Å². The lowest BCUT2D eigenvalue weighted by Crippen LogP contribution is -2.29. The molecule has 2 N–H and O–H groups in total. The molecule has 0 saturated carbocycles. The maximum atomic E-state index is 13.5. The molecule has 5 aromatic carbocycles. The first-order chi connectivity index (χ1) is 21.0. The summed E-state index contributed by atoms with van der Waals surface area (Å²) in [6.07, 6.45) is -1.94. The SMILES string of the molecule is COC(=O)C[C@@H]1Cc2c(c(O)c3c(=O)ccc4c5c6c(c(O)c7c(=O)ccc(c2c34)c75)[C@@H](C)O[C@H](CC(=O)OC)C6)[C@@H](C)O1. The van der Waals surface area contributed by atoms with E-state index in [4.69, 9.17) is 18.9 Å². The summed E-state index contributed by atoms with van der Waals surface area (Å²) in [5.41, 5.74) is 1.57. The average Bonchev–Trinajstić information content (AvgIpc) is 2.98. The highest BCUT2D eigenvalue weighted by Gasteiger charge is 2.37. The van der Waals surface area contributed by atoms with Gasteiger partial charge in [-0.05, 0) is 70.8 Å². The van der Waals surface area contributed by atoms with Crippen LogP contribution in [0.3, 0.4) is 0 Å². The molecule has 0 bridgehead atoms. The molecule has 0 spiro atoms. The molecule has 4 atom stereocenters. The fourth-order valence-corrected chi connectivity index (χ4v) is 7.64. The number of ether oxygens (including phenoxy) is 4. The van der Waals surface area contributed by atoms with Gasteiger partial charge >= 0.3 is 11.9 Å². The highest BCUT2D eigenvalue weighted by atomic mass is 16.5. The summed E-state index contributed by atoms with van der Waals surface area (Å²) >= 11 is 0. The number of fused-ring (bicyclic) bond motifs is 6. The molecular weight excluding hydrogens is 568 g/mol. The van der Waals surface area contributed by atoms with E-state index >= 15 is 0 Å². The van der Waals surface area contributed by atoms with Gasteiger partial charge in [0.05, 0.1) is 62.2 Å². The Morgan fingerprint density at radius 1 is 0.682 bits per heavy atom. The van der Waals surface area contributed by atoms with Crippen molar-refractivity contribution in [2.75, 3.05) is 14.2 Å². The maximum Gasteiger partial charge on any atom is 0.308 e. The largest absolute Gasteiger partial charge is 0.507 e. The number of hydrogen-bond acceptors (Lipinski definition) is 10. The van der Waals surface area contributed by atoms with Crippen LogP contribution in [0.15, 0.2) is 33.9 Å². The number of methoxy groups -OCH3 is 2. The summed E-state index contributed by atoms with van der Waals surface area (Å²) in [4.78, 5) is 51.4. The molecule has 0 fully saturated rings. The van der Waals surface area contributed by atoms with Gasteiger partial charge in [0.25, 0.3) is 0 Å². The monoisotopic (exact) mass is 598 g/mol. The second-order valence-corrected chi connectivity index (χ2v) is 11.7. The molecule has 2 aliphatic rings. The van der Waals surface area contributed by atoms with E-state index in [9.17, 15) is 29.4 Å². The molecular formula is C34H30O10. The lowest BCUT2D eigenvalue weighted by atomic mass is 9.78. The predicted octanol–water partition coefficient (Wildman–Crippen LogP) is 4.44. The average molecular weight is 599 g/mol.